The van der Waals surface area contributed by atoms with Crippen molar-refractivity contribution in [1.29, 1.82) is 0 Å². The zero-order valence-electron chi connectivity index (χ0n) is 15.7. The number of aryl methyl sites for hydroxylation is 1. The van der Waals surface area contributed by atoms with Crippen LogP contribution in [-0.2, 0) is 9.47 Å². The van der Waals surface area contributed by atoms with Gasteiger partial charge in [-0.05, 0) is 24.6 Å². The Kier molecular flexibility index (Phi) is 7.12. The summed E-state index contributed by atoms with van der Waals surface area (Å²) in [6.07, 6.45) is 0. The number of benzene rings is 1. The fourth-order valence-corrected chi connectivity index (χ4v) is 3.24. The van der Waals surface area contributed by atoms with Gasteiger partial charge in [-0.3, -0.25) is 0 Å². The van der Waals surface area contributed by atoms with Crippen molar-refractivity contribution in [3.63, 3.8) is 0 Å². The Morgan fingerprint density at radius 3 is 1.96 bits per heavy atom. The number of nitrogens with one attached hydrogen (secondary N) is 1. The quantitative estimate of drug-likeness (QED) is 0.799. The molecule has 0 radical (unpaired) electrons. The number of nitrogens with zero attached hydrogens (tertiary/aromatic N) is 5. The number of morpholine rings is 2. The van der Waals surface area contributed by atoms with Crippen molar-refractivity contribution in [1.82, 2.24) is 15.0 Å². The van der Waals surface area contributed by atoms with Crippen LogP contribution in [0.3, 0.4) is 0 Å². The summed E-state index contributed by atoms with van der Waals surface area (Å²) in [5, 5.41) is 3.89. The van der Waals surface area contributed by atoms with Crippen molar-refractivity contribution in [2.24, 2.45) is 0 Å². The molecule has 0 unspecified atom stereocenters. The lowest BCUT2D eigenvalue weighted by Gasteiger charge is -2.30. The van der Waals surface area contributed by atoms with Crippen LogP contribution in [0.4, 0.5) is 23.5 Å². The maximum atomic E-state index is 6.34. The van der Waals surface area contributed by atoms with Crippen molar-refractivity contribution in [3.05, 3.63) is 28.8 Å². The Morgan fingerprint density at radius 2 is 1.43 bits per heavy atom. The van der Waals surface area contributed by atoms with E-state index in [0.29, 0.717) is 49.3 Å². The number of hydrogen-bond acceptors (Lipinski definition) is 8. The van der Waals surface area contributed by atoms with Crippen LogP contribution < -0.4 is 15.1 Å². The highest BCUT2D eigenvalue weighted by Crippen LogP contribution is 2.27. The summed E-state index contributed by atoms with van der Waals surface area (Å²) in [7, 11) is 0. The molecule has 1 aromatic heterocycles. The molecule has 1 aromatic carbocycles. The lowest BCUT2D eigenvalue weighted by atomic mass is 10.2. The number of halogens is 2. The van der Waals surface area contributed by atoms with Gasteiger partial charge in [0.25, 0.3) is 0 Å². The van der Waals surface area contributed by atoms with Crippen LogP contribution in [0.2, 0.25) is 5.02 Å². The number of ether oxygens (including phenoxy) is 2. The first-order chi connectivity index (χ1) is 13.2. The van der Waals surface area contributed by atoms with E-state index in [9.17, 15) is 0 Å². The second-order valence-electron chi connectivity index (χ2n) is 6.57. The molecule has 3 heterocycles. The fraction of sp³-hybridized carbons (Fsp3) is 0.500. The highest BCUT2D eigenvalue weighted by Gasteiger charge is 2.21. The minimum absolute atomic E-state index is 0. The van der Waals surface area contributed by atoms with E-state index in [1.165, 1.54) is 0 Å². The van der Waals surface area contributed by atoms with Crippen molar-refractivity contribution < 1.29 is 9.47 Å². The van der Waals surface area contributed by atoms with Gasteiger partial charge in [0, 0.05) is 26.2 Å². The van der Waals surface area contributed by atoms with E-state index >= 15 is 0 Å². The molecule has 0 saturated carbocycles. The lowest BCUT2D eigenvalue weighted by molar-refractivity contribution is 0.121. The molecule has 2 fully saturated rings. The summed E-state index contributed by atoms with van der Waals surface area (Å²) in [6, 6.07) is 5.82. The molecule has 0 amide bonds. The molecular formula is C18H24Cl2N6O2. The fourth-order valence-electron chi connectivity index (χ4n) is 3.07. The van der Waals surface area contributed by atoms with E-state index in [1.807, 2.05) is 25.1 Å². The van der Waals surface area contributed by atoms with E-state index in [0.717, 1.165) is 37.4 Å². The van der Waals surface area contributed by atoms with Crippen LogP contribution in [0.15, 0.2) is 18.2 Å². The summed E-state index contributed by atoms with van der Waals surface area (Å²) in [5.74, 6) is 1.79. The van der Waals surface area contributed by atoms with Gasteiger partial charge in [0.1, 0.15) is 0 Å². The van der Waals surface area contributed by atoms with Crippen LogP contribution >= 0.6 is 24.0 Å². The molecule has 28 heavy (non-hydrogen) atoms. The van der Waals surface area contributed by atoms with E-state index in [1.54, 1.807) is 0 Å². The minimum atomic E-state index is 0. The maximum absolute atomic E-state index is 6.34. The molecule has 152 valence electrons. The van der Waals surface area contributed by atoms with Crippen LogP contribution in [0, 0.1) is 6.92 Å². The number of anilines is 4. The van der Waals surface area contributed by atoms with Gasteiger partial charge in [-0.2, -0.15) is 15.0 Å². The van der Waals surface area contributed by atoms with Gasteiger partial charge >= 0.3 is 0 Å². The summed E-state index contributed by atoms with van der Waals surface area (Å²) in [4.78, 5) is 18.2. The van der Waals surface area contributed by atoms with Gasteiger partial charge in [0.2, 0.25) is 17.8 Å². The first kappa shape index (κ1) is 20.9. The third-order valence-electron chi connectivity index (χ3n) is 4.57. The topological polar surface area (TPSA) is 75.6 Å². The maximum Gasteiger partial charge on any atom is 0.233 e. The van der Waals surface area contributed by atoms with Crippen LogP contribution in [0.5, 0.6) is 0 Å². The summed E-state index contributed by atoms with van der Waals surface area (Å²) >= 11 is 6.34. The van der Waals surface area contributed by atoms with Crippen LogP contribution in [0.25, 0.3) is 0 Å². The van der Waals surface area contributed by atoms with Crippen LogP contribution in [0.1, 0.15) is 5.56 Å². The molecule has 0 spiro atoms. The van der Waals surface area contributed by atoms with Gasteiger partial charge in [0.15, 0.2) is 0 Å². The zero-order valence-corrected chi connectivity index (χ0v) is 17.3. The molecule has 2 aliphatic heterocycles. The van der Waals surface area contributed by atoms with Gasteiger partial charge in [-0.1, -0.05) is 17.7 Å². The van der Waals surface area contributed by atoms with Crippen molar-refractivity contribution in [2.45, 2.75) is 6.92 Å². The van der Waals surface area contributed by atoms with Crippen molar-refractivity contribution in [3.8, 4) is 0 Å². The molecule has 2 saturated heterocycles. The second kappa shape index (κ2) is 9.56. The Hall–Kier alpha value is -1.87. The Labute approximate surface area is 175 Å². The molecule has 1 N–H and O–H groups in total. The largest absolute Gasteiger partial charge is 0.378 e. The molecular weight excluding hydrogens is 403 g/mol. The standard InChI is InChI=1S/C18H23ClN6O2.ClH/c1-13-2-3-14(19)15(12-13)20-16-21-17(24-4-8-26-9-5-24)23-18(22-16)25-6-10-27-11-7-25;/h2-3,12H,4-11H2,1H3,(H,20,21,22,23);1H. The Morgan fingerprint density at radius 1 is 0.893 bits per heavy atom. The molecule has 2 aliphatic rings. The normalized spacial score (nSPS) is 17.2. The third-order valence-corrected chi connectivity index (χ3v) is 4.90. The predicted molar refractivity (Wildman–Crippen MR) is 113 cm³/mol. The van der Waals surface area contributed by atoms with Gasteiger partial charge in [0.05, 0.1) is 37.1 Å². The van der Waals surface area contributed by atoms with Gasteiger partial charge < -0.3 is 24.6 Å². The first-order valence-electron chi connectivity index (χ1n) is 9.14. The Bertz CT molecular complexity index is 761. The number of aromatic nitrogens is 3. The number of rotatable bonds is 4. The van der Waals surface area contributed by atoms with Gasteiger partial charge in [-0.15, -0.1) is 12.4 Å². The lowest BCUT2D eigenvalue weighted by Crippen LogP contribution is -2.40. The SMILES string of the molecule is Cc1ccc(Cl)c(Nc2nc(N3CCOCC3)nc(N3CCOCC3)n2)c1.Cl. The second-order valence-corrected chi connectivity index (χ2v) is 6.97. The van der Waals surface area contributed by atoms with Gasteiger partial charge in [-0.25, -0.2) is 0 Å². The average molecular weight is 427 g/mol. The van der Waals surface area contributed by atoms with E-state index in [2.05, 4.69) is 25.1 Å². The molecule has 4 rings (SSSR count). The molecule has 10 heteroatoms. The monoisotopic (exact) mass is 426 g/mol. The molecule has 0 aliphatic carbocycles. The van der Waals surface area contributed by atoms with Crippen molar-refractivity contribution >= 4 is 47.5 Å². The third kappa shape index (κ3) is 4.94. The molecule has 8 nitrogen and oxygen atoms in total. The Balaban J connectivity index is 0.00000225. The highest BCUT2D eigenvalue weighted by molar-refractivity contribution is 6.33. The summed E-state index contributed by atoms with van der Waals surface area (Å²) < 4.78 is 10.9. The minimum Gasteiger partial charge on any atom is -0.378 e. The zero-order chi connectivity index (χ0) is 18.6. The summed E-state index contributed by atoms with van der Waals surface area (Å²) in [6.45, 7) is 7.75. The van der Waals surface area contributed by atoms with E-state index in [-0.39, 0.29) is 12.4 Å². The summed E-state index contributed by atoms with van der Waals surface area (Å²) in [5.41, 5.74) is 1.89. The van der Waals surface area contributed by atoms with Crippen LogP contribution in [-0.4, -0.2) is 67.6 Å². The smallest absolute Gasteiger partial charge is 0.233 e. The molecule has 0 bridgehead atoms. The predicted octanol–water partition coefficient (Wildman–Crippen LogP) is 2.67. The molecule has 2 aromatic rings. The highest BCUT2D eigenvalue weighted by atomic mass is 35.5. The number of hydrogen-bond donors (Lipinski definition) is 1. The van der Waals surface area contributed by atoms with E-state index < -0.39 is 0 Å². The molecule has 0 atom stereocenters. The van der Waals surface area contributed by atoms with E-state index in [4.69, 9.17) is 26.1 Å². The first-order valence-corrected chi connectivity index (χ1v) is 9.51. The van der Waals surface area contributed by atoms with Crippen molar-refractivity contribution in [2.75, 3.05) is 67.7 Å². The average Bonchev–Trinajstić information content (AvgIpc) is 2.72.